The molecule has 270 valence electrons. The Balaban J connectivity index is 1.54. The molecule has 0 aliphatic carbocycles. The summed E-state index contributed by atoms with van der Waals surface area (Å²) in [6.07, 6.45) is 5.58. The van der Waals surface area contributed by atoms with Gasteiger partial charge in [0.2, 0.25) is 23.6 Å². The van der Waals surface area contributed by atoms with Crippen molar-refractivity contribution in [1.29, 1.82) is 0 Å². The van der Waals surface area contributed by atoms with Gasteiger partial charge in [-0.05, 0) is 55.6 Å². The predicted octanol–water partition coefficient (Wildman–Crippen LogP) is 1.55. The van der Waals surface area contributed by atoms with Gasteiger partial charge in [0, 0.05) is 73.2 Å². The molecule has 0 aliphatic heterocycles. The summed E-state index contributed by atoms with van der Waals surface area (Å²) in [5.74, 6) is -0.836. The van der Waals surface area contributed by atoms with Crippen LogP contribution in [-0.4, -0.2) is 133 Å². The minimum atomic E-state index is -0.393. The van der Waals surface area contributed by atoms with E-state index in [0.29, 0.717) is 44.8 Å². The van der Waals surface area contributed by atoms with Crippen molar-refractivity contribution in [3.8, 4) is 0 Å². The molecule has 0 spiro atoms. The Labute approximate surface area is 298 Å². The van der Waals surface area contributed by atoms with Crippen molar-refractivity contribution in [2.45, 2.75) is 19.3 Å². The monoisotopic (exact) mass is 706 g/mol. The lowest BCUT2D eigenvalue weighted by molar-refractivity contribution is -0.145. The third kappa shape index (κ3) is 11.3. The number of amides is 4. The summed E-state index contributed by atoms with van der Waals surface area (Å²) in [6.45, 7) is 1.80. The first kappa shape index (κ1) is 38.4. The quantitative estimate of drug-likeness (QED) is 0.0533. The molecule has 4 amide bonds. The summed E-state index contributed by atoms with van der Waals surface area (Å²) >= 11 is 4.14. The highest BCUT2D eigenvalue weighted by molar-refractivity contribution is 7.80. The van der Waals surface area contributed by atoms with Gasteiger partial charge in [-0.15, -0.1) is 0 Å². The van der Waals surface area contributed by atoms with Crippen molar-refractivity contribution >= 4 is 58.1 Å². The van der Waals surface area contributed by atoms with Crippen molar-refractivity contribution in [3.63, 3.8) is 0 Å². The number of aromatic amines is 2. The smallest absolute Gasteiger partial charge is 0.242 e. The molecule has 14 heteroatoms. The summed E-state index contributed by atoms with van der Waals surface area (Å²) in [5, 5.41) is 7.97. The summed E-state index contributed by atoms with van der Waals surface area (Å²) in [6, 6.07) is 15.8. The lowest BCUT2D eigenvalue weighted by atomic mass is 10.1. The fourth-order valence-electron chi connectivity index (χ4n) is 5.75. The minimum Gasteiger partial charge on any atom is -0.383 e. The zero-order chi connectivity index (χ0) is 35.7. The van der Waals surface area contributed by atoms with Crippen molar-refractivity contribution in [2.24, 2.45) is 5.73 Å². The largest absolute Gasteiger partial charge is 0.383 e. The molecule has 0 bridgehead atoms. The molecule has 0 aliphatic rings. The molecule has 0 unspecified atom stereocenters. The number of nitrogens with two attached hydrogens (primary N) is 1. The van der Waals surface area contributed by atoms with Crippen molar-refractivity contribution in [1.82, 2.24) is 35.3 Å². The summed E-state index contributed by atoms with van der Waals surface area (Å²) in [4.78, 5) is 65.0. The van der Waals surface area contributed by atoms with E-state index in [9.17, 15) is 19.2 Å². The first-order chi connectivity index (χ1) is 24.3. The van der Waals surface area contributed by atoms with Crippen LogP contribution in [0.3, 0.4) is 0 Å². The van der Waals surface area contributed by atoms with Crippen LogP contribution >= 0.6 is 12.6 Å². The average molecular weight is 707 g/mol. The number of carbonyl (C=O) groups is 4. The molecule has 0 saturated heterocycles. The Morgan fingerprint density at radius 3 is 1.84 bits per heavy atom. The fourth-order valence-corrected chi connectivity index (χ4v) is 5.86. The molecule has 0 radical (unpaired) electrons. The molecule has 2 heterocycles. The number of nitrogens with one attached hydrogen (secondary N) is 4. The topological polar surface area (TPSA) is 169 Å². The van der Waals surface area contributed by atoms with Crippen LogP contribution in [0.5, 0.6) is 0 Å². The Morgan fingerprint density at radius 2 is 1.30 bits per heavy atom. The molecule has 4 rings (SSSR count). The molecule has 6 N–H and O–H groups in total. The number of H-pyrrole nitrogens is 2. The third-order valence-corrected chi connectivity index (χ3v) is 8.75. The van der Waals surface area contributed by atoms with E-state index in [1.165, 1.54) is 16.9 Å². The van der Waals surface area contributed by atoms with Gasteiger partial charge in [0.25, 0.3) is 0 Å². The highest BCUT2D eigenvalue weighted by atomic mass is 32.1. The van der Waals surface area contributed by atoms with Gasteiger partial charge < -0.3 is 45.8 Å². The number of carbonyl (C=O) groups excluding carboxylic acids is 4. The second kappa shape index (κ2) is 20.3. The lowest BCUT2D eigenvalue weighted by Gasteiger charge is -2.30. The first-order valence-corrected chi connectivity index (χ1v) is 17.7. The molecule has 13 nitrogen and oxygen atoms in total. The van der Waals surface area contributed by atoms with E-state index in [1.54, 1.807) is 4.90 Å². The number of hydrogen-bond donors (Lipinski definition) is 6. The van der Waals surface area contributed by atoms with Crippen LogP contribution in [0.1, 0.15) is 17.5 Å². The number of hydrogen-bond acceptors (Lipinski definition) is 8. The summed E-state index contributed by atoms with van der Waals surface area (Å²) < 4.78 is 5.20. The van der Waals surface area contributed by atoms with E-state index >= 15 is 0 Å². The van der Waals surface area contributed by atoms with Crippen LogP contribution in [0.15, 0.2) is 60.9 Å². The Hall–Kier alpha value is -4.37. The number of rotatable bonds is 22. The standard InChI is InChI=1S/C36H50N8O5S/c1-49-19-18-44(24-33(45)39-15-20-50)36(48)26-43(17-12-28-22-41-32-10-5-3-8-30(28)32)35(47)25-42(34(46)23-38-14-6-13-37)16-11-27-21-40-31-9-4-2-7-29(27)31/h2-5,7-10,21-22,38,40-41,50H,6,11-20,23-26,37H2,1H3,(H,39,45). The van der Waals surface area contributed by atoms with Crippen molar-refractivity contribution in [2.75, 3.05) is 84.9 Å². The molecule has 2 aromatic carbocycles. The van der Waals surface area contributed by atoms with Crippen LogP contribution in [0.25, 0.3) is 21.8 Å². The van der Waals surface area contributed by atoms with Crippen LogP contribution < -0.4 is 16.4 Å². The molecule has 50 heavy (non-hydrogen) atoms. The molecule has 0 fully saturated rings. The minimum absolute atomic E-state index is 0.0572. The normalized spacial score (nSPS) is 11.2. The van der Waals surface area contributed by atoms with E-state index in [0.717, 1.165) is 39.4 Å². The van der Waals surface area contributed by atoms with E-state index in [-0.39, 0.29) is 63.6 Å². The maximum absolute atomic E-state index is 14.2. The van der Waals surface area contributed by atoms with E-state index in [1.807, 2.05) is 60.9 Å². The molecular weight excluding hydrogens is 657 g/mol. The van der Waals surface area contributed by atoms with Gasteiger partial charge in [0.1, 0.15) is 0 Å². The second-order valence-corrected chi connectivity index (χ2v) is 12.5. The van der Waals surface area contributed by atoms with Crippen LogP contribution in [0, 0.1) is 0 Å². The van der Waals surface area contributed by atoms with Gasteiger partial charge in [-0.25, -0.2) is 0 Å². The zero-order valence-corrected chi connectivity index (χ0v) is 29.7. The maximum Gasteiger partial charge on any atom is 0.242 e. The number of nitrogens with zero attached hydrogens (tertiary/aromatic N) is 3. The molecule has 4 aromatic rings. The van der Waals surface area contributed by atoms with Crippen molar-refractivity contribution < 1.29 is 23.9 Å². The SMILES string of the molecule is COCCN(CC(=O)NCCS)C(=O)CN(CCc1c[nH]c2ccccc12)C(=O)CN(CCc1c[nH]c2ccccc12)C(=O)CNCCCN. The number of ether oxygens (including phenoxy) is 1. The van der Waals surface area contributed by atoms with Crippen LogP contribution in [0.2, 0.25) is 0 Å². The number of thiol groups is 1. The van der Waals surface area contributed by atoms with Gasteiger partial charge >= 0.3 is 0 Å². The predicted molar refractivity (Wildman–Crippen MR) is 199 cm³/mol. The van der Waals surface area contributed by atoms with Crippen LogP contribution in [0.4, 0.5) is 0 Å². The number of aromatic nitrogens is 2. The number of methoxy groups -OCH3 is 1. The third-order valence-electron chi connectivity index (χ3n) is 8.53. The lowest BCUT2D eigenvalue weighted by Crippen LogP contribution is -2.51. The van der Waals surface area contributed by atoms with Gasteiger partial charge in [-0.1, -0.05) is 36.4 Å². The van der Waals surface area contributed by atoms with E-state index < -0.39 is 5.91 Å². The summed E-state index contributed by atoms with van der Waals surface area (Å²) in [7, 11) is 1.52. The van der Waals surface area contributed by atoms with Gasteiger partial charge in [0.15, 0.2) is 0 Å². The average Bonchev–Trinajstić information content (AvgIpc) is 3.74. The van der Waals surface area contributed by atoms with E-state index in [2.05, 4.69) is 33.2 Å². The number of benzene rings is 2. The Kier molecular flexibility index (Phi) is 15.6. The number of fused-ring (bicyclic) bond motifs is 2. The Morgan fingerprint density at radius 1 is 0.760 bits per heavy atom. The molecule has 0 atom stereocenters. The Bertz CT molecular complexity index is 1690. The molecule has 0 saturated carbocycles. The second-order valence-electron chi connectivity index (χ2n) is 12.1. The fraction of sp³-hybridized carbons (Fsp3) is 0.444. The zero-order valence-electron chi connectivity index (χ0n) is 28.8. The molecule has 2 aromatic heterocycles. The van der Waals surface area contributed by atoms with Crippen molar-refractivity contribution in [3.05, 3.63) is 72.1 Å². The van der Waals surface area contributed by atoms with Gasteiger partial charge in [-0.2, -0.15) is 12.6 Å². The first-order valence-electron chi connectivity index (χ1n) is 17.0. The molecular formula is C36H50N8O5S. The number of para-hydroxylation sites is 2. The highest BCUT2D eigenvalue weighted by Gasteiger charge is 2.26. The summed E-state index contributed by atoms with van der Waals surface area (Å²) in [5.41, 5.74) is 9.65. The van der Waals surface area contributed by atoms with E-state index in [4.69, 9.17) is 10.5 Å². The maximum atomic E-state index is 14.2. The highest BCUT2D eigenvalue weighted by Crippen LogP contribution is 2.20. The van der Waals surface area contributed by atoms with Gasteiger partial charge in [-0.3, -0.25) is 19.2 Å². The van der Waals surface area contributed by atoms with Crippen LogP contribution in [-0.2, 0) is 36.8 Å². The van der Waals surface area contributed by atoms with Gasteiger partial charge in [0.05, 0.1) is 32.8 Å².